The summed E-state index contributed by atoms with van der Waals surface area (Å²) in [5.74, 6) is -0.214. The zero-order valence-corrected chi connectivity index (χ0v) is 18.9. The third-order valence-electron chi connectivity index (χ3n) is 5.49. The van der Waals surface area contributed by atoms with Crippen LogP contribution in [0.1, 0.15) is 63.3 Å². The number of aryl methyl sites for hydroxylation is 1. The SMILES string of the molecule is Cc1cc(C(=N)OC(N)=NC2CCCC2)nc2c(C(C)(C)C)cc(NCC(F)(F)F)cc12. The molecular formula is C23H30F3N5O. The van der Waals surface area contributed by atoms with Gasteiger partial charge in [-0.05, 0) is 54.5 Å². The number of hydrogen-bond donors (Lipinski definition) is 3. The standard InChI is InChI=1S/C23H30F3N5O/c1-13-9-18(20(27)32-21(28)30-14-7-5-6-8-14)31-19-16(13)10-15(29-12-23(24,25)26)11-17(19)22(2,3)4/h9-11,14,27,29H,5-8,12H2,1-4H3,(H2,28,30). The number of rotatable bonds is 4. The number of nitrogens with one attached hydrogen (secondary N) is 2. The van der Waals surface area contributed by atoms with Crippen LogP contribution in [0.25, 0.3) is 10.9 Å². The molecule has 1 aliphatic rings. The number of alkyl halides is 3. The van der Waals surface area contributed by atoms with Crippen molar-refractivity contribution in [1.82, 2.24) is 4.98 Å². The maximum atomic E-state index is 12.7. The van der Waals surface area contributed by atoms with E-state index >= 15 is 0 Å². The van der Waals surface area contributed by atoms with Gasteiger partial charge in [0.1, 0.15) is 12.2 Å². The Morgan fingerprint density at radius 1 is 1.22 bits per heavy atom. The summed E-state index contributed by atoms with van der Waals surface area (Å²) in [6, 6.07) is 5.09. The van der Waals surface area contributed by atoms with Crippen molar-refractivity contribution < 1.29 is 17.9 Å². The third kappa shape index (κ3) is 5.89. The van der Waals surface area contributed by atoms with Crippen molar-refractivity contribution >= 4 is 28.5 Å². The molecule has 6 nitrogen and oxygen atoms in total. The Morgan fingerprint density at radius 3 is 2.47 bits per heavy atom. The summed E-state index contributed by atoms with van der Waals surface area (Å²) < 4.78 is 43.6. The van der Waals surface area contributed by atoms with Crippen LogP contribution in [0.4, 0.5) is 18.9 Å². The van der Waals surface area contributed by atoms with Crippen LogP contribution in [0.3, 0.4) is 0 Å². The van der Waals surface area contributed by atoms with Gasteiger partial charge in [0, 0.05) is 11.1 Å². The number of hydrogen-bond acceptors (Lipinski definition) is 5. The second-order valence-electron chi connectivity index (χ2n) is 9.30. The molecule has 174 valence electrons. The Hall–Kier alpha value is -2.84. The molecule has 1 aromatic heterocycles. The molecule has 32 heavy (non-hydrogen) atoms. The summed E-state index contributed by atoms with van der Waals surface area (Å²) in [6.07, 6.45) is -0.172. The normalized spacial score (nSPS) is 15.9. The van der Waals surface area contributed by atoms with Gasteiger partial charge in [0.2, 0.25) is 5.90 Å². The predicted molar refractivity (Wildman–Crippen MR) is 122 cm³/mol. The van der Waals surface area contributed by atoms with Gasteiger partial charge in [-0.15, -0.1) is 0 Å². The van der Waals surface area contributed by atoms with Gasteiger partial charge in [-0.1, -0.05) is 33.6 Å². The first kappa shape index (κ1) is 23.8. The molecule has 0 unspecified atom stereocenters. The van der Waals surface area contributed by atoms with Gasteiger partial charge < -0.3 is 15.8 Å². The fraction of sp³-hybridized carbons (Fsp3) is 0.522. The smallest absolute Gasteiger partial charge is 0.405 e. The fourth-order valence-corrected chi connectivity index (χ4v) is 3.88. The number of nitrogens with zero attached hydrogens (tertiary/aromatic N) is 2. The average Bonchev–Trinajstić information content (AvgIpc) is 3.17. The van der Waals surface area contributed by atoms with E-state index in [1.165, 1.54) is 0 Å². The Bertz CT molecular complexity index is 1030. The lowest BCUT2D eigenvalue weighted by Crippen LogP contribution is -2.24. The van der Waals surface area contributed by atoms with E-state index in [1.807, 2.05) is 27.7 Å². The van der Waals surface area contributed by atoms with Gasteiger partial charge in [0.15, 0.2) is 0 Å². The number of pyridine rings is 1. The van der Waals surface area contributed by atoms with E-state index in [-0.39, 0.29) is 18.0 Å². The van der Waals surface area contributed by atoms with Crippen LogP contribution >= 0.6 is 0 Å². The Labute approximate surface area is 186 Å². The van der Waals surface area contributed by atoms with Crippen molar-refractivity contribution in [3.8, 4) is 0 Å². The number of anilines is 1. The molecule has 0 bridgehead atoms. The fourth-order valence-electron chi connectivity index (χ4n) is 3.88. The summed E-state index contributed by atoms with van der Waals surface area (Å²) in [4.78, 5) is 8.97. The van der Waals surface area contributed by atoms with Crippen LogP contribution < -0.4 is 11.1 Å². The molecule has 0 radical (unpaired) electrons. The number of halogens is 3. The highest BCUT2D eigenvalue weighted by atomic mass is 19.4. The highest BCUT2D eigenvalue weighted by molar-refractivity contribution is 6.00. The second kappa shape index (κ2) is 8.96. The maximum absolute atomic E-state index is 12.7. The Balaban J connectivity index is 1.97. The van der Waals surface area contributed by atoms with Gasteiger partial charge in [-0.2, -0.15) is 13.2 Å². The first-order chi connectivity index (χ1) is 14.8. The lowest BCUT2D eigenvalue weighted by molar-refractivity contribution is -0.115. The average molecular weight is 450 g/mol. The summed E-state index contributed by atoms with van der Waals surface area (Å²) in [5.41, 5.74) is 8.32. The lowest BCUT2D eigenvalue weighted by atomic mass is 9.84. The molecule has 1 heterocycles. The molecule has 0 spiro atoms. The summed E-state index contributed by atoms with van der Waals surface area (Å²) >= 11 is 0. The summed E-state index contributed by atoms with van der Waals surface area (Å²) in [7, 11) is 0. The third-order valence-corrected chi connectivity index (χ3v) is 5.49. The Morgan fingerprint density at radius 2 is 1.88 bits per heavy atom. The minimum atomic E-state index is -4.32. The molecule has 0 aliphatic heterocycles. The van der Waals surface area contributed by atoms with Gasteiger partial charge >= 0.3 is 6.18 Å². The number of amidine groups is 1. The van der Waals surface area contributed by atoms with E-state index < -0.39 is 18.1 Å². The first-order valence-corrected chi connectivity index (χ1v) is 10.7. The number of aliphatic imine (C=N–C) groups is 1. The summed E-state index contributed by atoms with van der Waals surface area (Å²) in [5, 5.41) is 11.5. The quantitative estimate of drug-likeness (QED) is 0.429. The molecule has 1 saturated carbocycles. The van der Waals surface area contributed by atoms with E-state index in [0.29, 0.717) is 22.3 Å². The van der Waals surface area contributed by atoms with Crippen molar-refractivity contribution in [1.29, 1.82) is 5.41 Å². The number of fused-ring (bicyclic) bond motifs is 1. The number of aromatic nitrogens is 1. The topological polar surface area (TPSA) is 96.4 Å². The van der Waals surface area contributed by atoms with Crippen LogP contribution in [0.2, 0.25) is 0 Å². The Kier molecular flexibility index (Phi) is 6.67. The zero-order valence-electron chi connectivity index (χ0n) is 18.9. The molecule has 0 amide bonds. The number of ether oxygens (including phenoxy) is 1. The van der Waals surface area contributed by atoms with Gasteiger partial charge in [-0.25, -0.2) is 9.98 Å². The van der Waals surface area contributed by atoms with E-state index in [4.69, 9.17) is 15.9 Å². The van der Waals surface area contributed by atoms with Crippen LogP contribution in [-0.4, -0.2) is 35.7 Å². The molecule has 3 rings (SSSR count). The van der Waals surface area contributed by atoms with Crippen LogP contribution in [0.5, 0.6) is 0 Å². The van der Waals surface area contributed by atoms with Crippen LogP contribution in [-0.2, 0) is 10.2 Å². The highest BCUT2D eigenvalue weighted by Crippen LogP contribution is 2.34. The van der Waals surface area contributed by atoms with Gasteiger partial charge in [0.25, 0.3) is 6.02 Å². The predicted octanol–water partition coefficient (Wildman–Crippen LogP) is 5.41. The molecule has 9 heteroatoms. The second-order valence-corrected chi connectivity index (χ2v) is 9.30. The monoisotopic (exact) mass is 449 g/mol. The van der Waals surface area contributed by atoms with Gasteiger partial charge in [-0.3, -0.25) is 5.41 Å². The molecule has 1 aliphatic carbocycles. The summed E-state index contributed by atoms with van der Waals surface area (Å²) in [6.45, 7) is 6.61. The molecule has 1 fully saturated rings. The van der Waals surface area contributed by atoms with E-state index in [9.17, 15) is 13.2 Å². The minimum absolute atomic E-state index is 0.0517. The van der Waals surface area contributed by atoms with Crippen molar-refractivity contribution in [2.75, 3.05) is 11.9 Å². The van der Waals surface area contributed by atoms with E-state index in [0.717, 1.165) is 36.8 Å². The lowest BCUT2D eigenvalue weighted by Gasteiger charge is -2.23. The van der Waals surface area contributed by atoms with Crippen molar-refractivity contribution in [3.05, 3.63) is 35.0 Å². The molecule has 1 aromatic carbocycles. The largest absolute Gasteiger partial charge is 0.405 e. The maximum Gasteiger partial charge on any atom is 0.405 e. The van der Waals surface area contributed by atoms with E-state index in [1.54, 1.807) is 18.2 Å². The molecule has 0 atom stereocenters. The molecule has 0 saturated heterocycles. The number of benzene rings is 1. The molecule has 2 aromatic rings. The molecular weight excluding hydrogens is 419 g/mol. The van der Waals surface area contributed by atoms with Crippen molar-refractivity contribution in [2.45, 2.75) is 71.0 Å². The highest BCUT2D eigenvalue weighted by Gasteiger charge is 2.27. The van der Waals surface area contributed by atoms with Crippen molar-refractivity contribution in [3.63, 3.8) is 0 Å². The first-order valence-electron chi connectivity index (χ1n) is 10.7. The van der Waals surface area contributed by atoms with Crippen molar-refractivity contribution in [2.24, 2.45) is 10.7 Å². The number of nitrogens with two attached hydrogens (primary N) is 1. The van der Waals surface area contributed by atoms with Crippen LogP contribution in [0.15, 0.2) is 23.2 Å². The van der Waals surface area contributed by atoms with Gasteiger partial charge in [0.05, 0.1) is 11.6 Å². The van der Waals surface area contributed by atoms with E-state index in [2.05, 4.69) is 15.3 Å². The van der Waals surface area contributed by atoms with Crippen LogP contribution in [0, 0.1) is 12.3 Å². The zero-order chi connectivity index (χ0) is 23.7. The minimum Gasteiger partial charge on any atom is -0.405 e. The molecule has 4 N–H and O–H groups in total.